The molecule has 0 spiro atoms. The minimum absolute atomic E-state index is 0.407. The molecule has 14 heavy (non-hydrogen) atoms. The molecule has 0 N–H and O–H groups in total. The molecular formula is C9H6BrN3O. The summed E-state index contributed by atoms with van der Waals surface area (Å²) in [5.74, 6) is 0.407. The SMILES string of the molecule is Cn1nc(N=C=O)c2ccc(Br)cc21. The average Bonchev–Trinajstić information content (AvgIpc) is 2.44. The normalized spacial score (nSPS) is 10.1. The topological polar surface area (TPSA) is 47.2 Å². The second kappa shape index (κ2) is 3.36. The van der Waals surface area contributed by atoms with Gasteiger partial charge in [-0.2, -0.15) is 5.10 Å². The summed E-state index contributed by atoms with van der Waals surface area (Å²) >= 11 is 3.37. The smallest absolute Gasteiger partial charge is 0.242 e. The lowest BCUT2D eigenvalue weighted by atomic mass is 10.2. The van der Waals surface area contributed by atoms with Gasteiger partial charge in [0.2, 0.25) is 6.08 Å². The summed E-state index contributed by atoms with van der Waals surface area (Å²) in [4.78, 5) is 13.7. The zero-order valence-electron chi connectivity index (χ0n) is 7.36. The lowest BCUT2D eigenvalue weighted by Crippen LogP contribution is -1.88. The van der Waals surface area contributed by atoms with Gasteiger partial charge in [-0.05, 0) is 18.2 Å². The number of aliphatic imine (C=N–C) groups is 1. The van der Waals surface area contributed by atoms with Crippen LogP contribution in [0.25, 0.3) is 10.9 Å². The van der Waals surface area contributed by atoms with Crippen molar-refractivity contribution in [2.45, 2.75) is 0 Å². The first-order valence-electron chi connectivity index (χ1n) is 3.92. The molecule has 0 aliphatic rings. The average molecular weight is 252 g/mol. The van der Waals surface area contributed by atoms with Crippen LogP contribution in [0.1, 0.15) is 0 Å². The number of halogens is 1. The van der Waals surface area contributed by atoms with E-state index in [9.17, 15) is 4.79 Å². The zero-order valence-corrected chi connectivity index (χ0v) is 8.95. The lowest BCUT2D eigenvalue weighted by molar-refractivity contribution is 0.565. The molecule has 0 bridgehead atoms. The minimum atomic E-state index is 0.407. The highest BCUT2D eigenvalue weighted by molar-refractivity contribution is 9.10. The van der Waals surface area contributed by atoms with Crippen molar-refractivity contribution in [3.63, 3.8) is 0 Å². The van der Waals surface area contributed by atoms with Crippen LogP contribution < -0.4 is 0 Å². The minimum Gasteiger partial charge on any atom is -0.266 e. The van der Waals surface area contributed by atoms with E-state index in [1.807, 2.05) is 18.2 Å². The second-order valence-electron chi connectivity index (χ2n) is 2.81. The maximum absolute atomic E-state index is 10.1. The molecule has 5 heteroatoms. The van der Waals surface area contributed by atoms with Crippen LogP contribution >= 0.6 is 15.9 Å². The molecule has 1 heterocycles. The molecular weight excluding hydrogens is 246 g/mol. The van der Waals surface area contributed by atoms with E-state index in [1.54, 1.807) is 11.7 Å². The zero-order chi connectivity index (χ0) is 10.1. The summed E-state index contributed by atoms with van der Waals surface area (Å²) in [6.07, 6.45) is 1.49. The number of isocyanates is 1. The molecule has 0 atom stereocenters. The summed E-state index contributed by atoms with van der Waals surface area (Å²) in [6.45, 7) is 0. The molecule has 0 saturated carbocycles. The molecule has 0 aliphatic heterocycles. The highest BCUT2D eigenvalue weighted by atomic mass is 79.9. The quantitative estimate of drug-likeness (QED) is 0.577. The van der Waals surface area contributed by atoms with Crippen molar-refractivity contribution >= 4 is 38.7 Å². The Balaban J connectivity index is 2.83. The Morgan fingerprint density at radius 2 is 2.36 bits per heavy atom. The monoisotopic (exact) mass is 251 g/mol. The Bertz CT molecular complexity index is 540. The summed E-state index contributed by atoms with van der Waals surface area (Å²) in [6, 6.07) is 5.67. The van der Waals surface area contributed by atoms with Gasteiger partial charge in [0, 0.05) is 16.9 Å². The Kier molecular flexibility index (Phi) is 2.19. The van der Waals surface area contributed by atoms with E-state index in [4.69, 9.17) is 0 Å². The summed E-state index contributed by atoms with van der Waals surface area (Å²) < 4.78 is 2.64. The van der Waals surface area contributed by atoms with Crippen LogP contribution in [0.5, 0.6) is 0 Å². The van der Waals surface area contributed by atoms with Crippen LogP contribution in [0, 0.1) is 0 Å². The standard InChI is InChI=1S/C9H6BrN3O/c1-13-8-4-6(10)2-3-7(8)9(12-13)11-5-14/h2-4H,1H3. The molecule has 0 saturated heterocycles. The van der Waals surface area contributed by atoms with Crippen LogP contribution in [0.4, 0.5) is 5.82 Å². The van der Waals surface area contributed by atoms with Gasteiger partial charge in [-0.3, -0.25) is 4.68 Å². The maximum atomic E-state index is 10.1. The summed E-state index contributed by atoms with van der Waals surface area (Å²) in [7, 11) is 1.80. The van der Waals surface area contributed by atoms with Crippen molar-refractivity contribution in [1.82, 2.24) is 9.78 Å². The van der Waals surface area contributed by atoms with Crippen LogP contribution in [0.3, 0.4) is 0 Å². The van der Waals surface area contributed by atoms with Crippen molar-refractivity contribution in [1.29, 1.82) is 0 Å². The second-order valence-corrected chi connectivity index (χ2v) is 3.73. The predicted molar refractivity (Wildman–Crippen MR) is 56.2 cm³/mol. The molecule has 4 nitrogen and oxygen atoms in total. The maximum Gasteiger partial charge on any atom is 0.242 e. The van der Waals surface area contributed by atoms with Crippen LogP contribution in [-0.2, 0) is 11.8 Å². The first kappa shape index (κ1) is 9.12. The fraction of sp³-hybridized carbons (Fsp3) is 0.111. The van der Waals surface area contributed by atoms with Gasteiger partial charge in [0.05, 0.1) is 5.52 Å². The first-order chi connectivity index (χ1) is 6.72. The highest BCUT2D eigenvalue weighted by Crippen LogP contribution is 2.26. The molecule has 0 unspecified atom stereocenters. The van der Waals surface area contributed by atoms with Crippen molar-refractivity contribution in [3.05, 3.63) is 22.7 Å². The fourth-order valence-electron chi connectivity index (χ4n) is 1.34. The van der Waals surface area contributed by atoms with E-state index in [-0.39, 0.29) is 0 Å². The molecule has 0 amide bonds. The van der Waals surface area contributed by atoms with Crippen molar-refractivity contribution in [2.75, 3.05) is 0 Å². The van der Waals surface area contributed by atoms with Gasteiger partial charge in [-0.15, -0.1) is 4.99 Å². The van der Waals surface area contributed by atoms with Gasteiger partial charge < -0.3 is 0 Å². The molecule has 70 valence electrons. The number of nitrogens with zero attached hydrogens (tertiary/aromatic N) is 3. The molecule has 2 rings (SSSR count). The van der Waals surface area contributed by atoms with Gasteiger partial charge in [0.15, 0.2) is 5.82 Å². The van der Waals surface area contributed by atoms with Crippen molar-refractivity contribution in [2.24, 2.45) is 12.0 Å². The van der Waals surface area contributed by atoms with Gasteiger partial charge in [0.25, 0.3) is 0 Å². The lowest BCUT2D eigenvalue weighted by Gasteiger charge is -1.93. The molecule has 0 radical (unpaired) electrons. The van der Waals surface area contributed by atoms with E-state index in [0.29, 0.717) is 5.82 Å². The first-order valence-corrected chi connectivity index (χ1v) is 4.72. The van der Waals surface area contributed by atoms with E-state index in [2.05, 4.69) is 26.0 Å². The Labute approximate surface area is 88.4 Å². The Hall–Kier alpha value is -1.45. The number of aryl methyl sites for hydroxylation is 1. The summed E-state index contributed by atoms with van der Waals surface area (Å²) in [5, 5.41) is 4.93. The predicted octanol–water partition coefficient (Wildman–Crippen LogP) is 2.30. The van der Waals surface area contributed by atoms with Gasteiger partial charge in [0.1, 0.15) is 0 Å². The van der Waals surface area contributed by atoms with E-state index in [1.165, 1.54) is 6.08 Å². The molecule has 0 aliphatic carbocycles. The van der Waals surface area contributed by atoms with Gasteiger partial charge in [-0.25, -0.2) is 4.79 Å². The largest absolute Gasteiger partial charge is 0.266 e. The van der Waals surface area contributed by atoms with Crippen LogP contribution in [0.15, 0.2) is 27.7 Å². The third kappa shape index (κ3) is 1.36. The number of carbonyl (C=O) groups excluding carboxylic acids is 1. The number of hydrogen-bond acceptors (Lipinski definition) is 3. The van der Waals surface area contributed by atoms with Crippen LogP contribution in [-0.4, -0.2) is 15.9 Å². The molecule has 2 aromatic rings. The molecule has 0 fully saturated rings. The van der Waals surface area contributed by atoms with Crippen LogP contribution in [0.2, 0.25) is 0 Å². The number of hydrogen-bond donors (Lipinski definition) is 0. The third-order valence-electron chi connectivity index (χ3n) is 1.95. The third-order valence-corrected chi connectivity index (χ3v) is 2.44. The van der Waals surface area contributed by atoms with Gasteiger partial charge >= 0.3 is 0 Å². The van der Waals surface area contributed by atoms with E-state index >= 15 is 0 Å². The van der Waals surface area contributed by atoms with E-state index < -0.39 is 0 Å². The molecule has 1 aromatic heterocycles. The number of rotatable bonds is 1. The van der Waals surface area contributed by atoms with Crippen molar-refractivity contribution in [3.8, 4) is 0 Å². The fourth-order valence-corrected chi connectivity index (χ4v) is 1.69. The Morgan fingerprint density at radius 3 is 3.07 bits per heavy atom. The number of benzene rings is 1. The van der Waals surface area contributed by atoms with Gasteiger partial charge in [-0.1, -0.05) is 15.9 Å². The Morgan fingerprint density at radius 1 is 1.57 bits per heavy atom. The highest BCUT2D eigenvalue weighted by Gasteiger charge is 2.07. The number of fused-ring (bicyclic) bond motifs is 1. The van der Waals surface area contributed by atoms with Crippen molar-refractivity contribution < 1.29 is 4.79 Å². The number of aromatic nitrogens is 2. The molecule has 1 aromatic carbocycles. The van der Waals surface area contributed by atoms with E-state index in [0.717, 1.165) is 15.4 Å². The summed E-state index contributed by atoms with van der Waals surface area (Å²) in [5.41, 5.74) is 0.924.